The van der Waals surface area contributed by atoms with Crippen molar-refractivity contribution in [2.24, 2.45) is 5.73 Å². The smallest absolute Gasteiger partial charge is 0.255 e. The highest BCUT2D eigenvalue weighted by molar-refractivity contribution is 5.99. The largest absolute Gasteiger partial charge is 0.370 e. The van der Waals surface area contributed by atoms with Crippen LogP contribution < -0.4 is 11.1 Å². The number of halogens is 1. The Balaban J connectivity index is 2.19. The van der Waals surface area contributed by atoms with Crippen LogP contribution in [0.1, 0.15) is 16.8 Å². The lowest BCUT2D eigenvalue weighted by Gasteiger charge is -2.05. The lowest BCUT2D eigenvalue weighted by molar-refractivity contribution is -0.117. The normalized spacial score (nSPS) is 10.2. The molecule has 1 heterocycles. The zero-order valence-electron chi connectivity index (χ0n) is 10.5. The number of rotatable bonds is 5. The number of carbonyl (C=O) groups is 2. The van der Waals surface area contributed by atoms with E-state index in [1.165, 1.54) is 12.3 Å². The number of amides is 2. The summed E-state index contributed by atoms with van der Waals surface area (Å²) in [5, 5.41) is 8.88. The Hall–Kier alpha value is -2.70. The molecule has 2 amide bonds. The van der Waals surface area contributed by atoms with E-state index in [9.17, 15) is 14.0 Å². The summed E-state index contributed by atoms with van der Waals surface area (Å²) in [4.78, 5) is 22.6. The van der Waals surface area contributed by atoms with Crippen molar-refractivity contribution in [1.29, 1.82) is 0 Å². The van der Waals surface area contributed by atoms with Gasteiger partial charge in [-0.1, -0.05) is 12.1 Å². The quantitative estimate of drug-likeness (QED) is 0.753. The van der Waals surface area contributed by atoms with E-state index in [1.807, 2.05) is 0 Å². The number of hydrogen-bond donors (Lipinski definition) is 3. The molecule has 20 heavy (non-hydrogen) atoms. The Bertz CT molecular complexity index is 639. The molecule has 4 N–H and O–H groups in total. The number of nitrogens with two attached hydrogens (primary N) is 1. The Morgan fingerprint density at radius 3 is 2.80 bits per heavy atom. The molecule has 0 saturated carbocycles. The van der Waals surface area contributed by atoms with Gasteiger partial charge in [0.25, 0.3) is 5.91 Å². The number of nitrogens with zero attached hydrogens (tertiary/aromatic N) is 1. The molecule has 1 aromatic carbocycles. The van der Waals surface area contributed by atoms with Crippen LogP contribution in [0.5, 0.6) is 0 Å². The van der Waals surface area contributed by atoms with E-state index in [2.05, 4.69) is 15.5 Å². The number of primary amides is 1. The van der Waals surface area contributed by atoms with Crippen molar-refractivity contribution in [3.63, 3.8) is 0 Å². The first-order valence-electron chi connectivity index (χ1n) is 5.94. The number of benzene rings is 1. The maximum absolute atomic E-state index is 13.7. The van der Waals surface area contributed by atoms with Crippen LogP contribution in [0.4, 0.5) is 4.39 Å². The third-order valence-electron chi connectivity index (χ3n) is 2.68. The van der Waals surface area contributed by atoms with Gasteiger partial charge in [-0.3, -0.25) is 14.7 Å². The van der Waals surface area contributed by atoms with Crippen LogP contribution in [0.2, 0.25) is 0 Å². The first-order valence-corrected chi connectivity index (χ1v) is 5.94. The number of nitrogens with one attached hydrogen (secondary N) is 2. The van der Waals surface area contributed by atoms with Gasteiger partial charge >= 0.3 is 0 Å². The molecule has 6 nitrogen and oxygen atoms in total. The third kappa shape index (κ3) is 3.00. The van der Waals surface area contributed by atoms with Crippen molar-refractivity contribution in [1.82, 2.24) is 15.5 Å². The van der Waals surface area contributed by atoms with Crippen molar-refractivity contribution < 1.29 is 14.0 Å². The zero-order valence-corrected chi connectivity index (χ0v) is 10.5. The molecule has 0 atom stereocenters. The number of hydrogen-bond acceptors (Lipinski definition) is 3. The molecule has 1 aromatic heterocycles. The molecular formula is C13H13FN4O2. The first-order chi connectivity index (χ1) is 9.59. The summed E-state index contributed by atoms with van der Waals surface area (Å²) in [5.41, 5.74) is 5.73. The van der Waals surface area contributed by atoms with Crippen molar-refractivity contribution in [2.75, 3.05) is 6.54 Å². The fourth-order valence-corrected chi connectivity index (χ4v) is 1.72. The van der Waals surface area contributed by atoms with Gasteiger partial charge in [0.05, 0.1) is 17.5 Å². The van der Waals surface area contributed by atoms with Gasteiger partial charge in [-0.25, -0.2) is 4.39 Å². The summed E-state index contributed by atoms with van der Waals surface area (Å²) < 4.78 is 13.7. The average Bonchev–Trinajstić information content (AvgIpc) is 2.87. The molecule has 0 radical (unpaired) electrons. The van der Waals surface area contributed by atoms with Gasteiger partial charge in [0, 0.05) is 18.5 Å². The molecule has 0 unspecified atom stereocenters. The van der Waals surface area contributed by atoms with Crippen LogP contribution in [0, 0.1) is 5.82 Å². The lowest BCUT2D eigenvalue weighted by Crippen LogP contribution is -2.28. The fourth-order valence-electron chi connectivity index (χ4n) is 1.72. The van der Waals surface area contributed by atoms with Gasteiger partial charge in [-0.05, 0) is 12.1 Å². The predicted molar refractivity (Wildman–Crippen MR) is 70.1 cm³/mol. The van der Waals surface area contributed by atoms with Crippen LogP contribution >= 0.6 is 0 Å². The maximum Gasteiger partial charge on any atom is 0.255 e. The number of H-pyrrole nitrogens is 1. The van der Waals surface area contributed by atoms with Crippen LogP contribution in [0.3, 0.4) is 0 Å². The topological polar surface area (TPSA) is 101 Å². The van der Waals surface area contributed by atoms with Crippen molar-refractivity contribution >= 4 is 11.8 Å². The number of aromatic nitrogens is 2. The zero-order chi connectivity index (χ0) is 14.5. The van der Waals surface area contributed by atoms with Crippen LogP contribution in [-0.4, -0.2) is 28.6 Å². The summed E-state index contributed by atoms with van der Waals surface area (Å²) in [6.07, 6.45) is 1.35. The van der Waals surface area contributed by atoms with E-state index in [0.717, 1.165) is 0 Å². The Kier molecular flexibility index (Phi) is 4.09. The second kappa shape index (κ2) is 5.96. The van der Waals surface area contributed by atoms with E-state index in [4.69, 9.17) is 5.73 Å². The van der Waals surface area contributed by atoms with Gasteiger partial charge in [-0.2, -0.15) is 5.10 Å². The van der Waals surface area contributed by atoms with Gasteiger partial charge in [0.2, 0.25) is 5.91 Å². The highest BCUT2D eigenvalue weighted by Gasteiger charge is 2.17. The van der Waals surface area contributed by atoms with Crippen LogP contribution in [0.25, 0.3) is 11.3 Å². The molecule has 0 aliphatic heterocycles. The average molecular weight is 276 g/mol. The summed E-state index contributed by atoms with van der Waals surface area (Å²) in [7, 11) is 0. The SMILES string of the molecule is NC(=O)CCNC(=O)c1cn[nH]c1-c1ccccc1F. The minimum Gasteiger partial charge on any atom is -0.370 e. The minimum atomic E-state index is -0.508. The maximum atomic E-state index is 13.7. The molecule has 0 bridgehead atoms. The number of aromatic amines is 1. The monoisotopic (exact) mass is 276 g/mol. The second-order valence-electron chi connectivity index (χ2n) is 4.11. The molecular weight excluding hydrogens is 263 g/mol. The summed E-state index contributed by atoms with van der Waals surface area (Å²) in [5.74, 6) is -1.41. The molecule has 0 saturated heterocycles. The summed E-state index contributed by atoms with van der Waals surface area (Å²) >= 11 is 0. The van der Waals surface area contributed by atoms with Gasteiger partial charge in [-0.15, -0.1) is 0 Å². The van der Waals surface area contributed by atoms with Crippen molar-refractivity contribution in [3.8, 4) is 11.3 Å². The molecule has 0 aliphatic carbocycles. The van der Waals surface area contributed by atoms with Crippen molar-refractivity contribution in [3.05, 3.63) is 41.8 Å². The van der Waals surface area contributed by atoms with Crippen LogP contribution in [-0.2, 0) is 4.79 Å². The van der Waals surface area contributed by atoms with E-state index in [-0.39, 0.29) is 24.1 Å². The molecule has 0 spiro atoms. The highest BCUT2D eigenvalue weighted by Crippen LogP contribution is 2.23. The Morgan fingerprint density at radius 1 is 1.35 bits per heavy atom. The summed E-state index contributed by atoms with van der Waals surface area (Å²) in [6.45, 7) is 0.121. The molecule has 2 rings (SSSR count). The Labute approximate surface area is 114 Å². The van der Waals surface area contributed by atoms with E-state index >= 15 is 0 Å². The van der Waals surface area contributed by atoms with Crippen molar-refractivity contribution in [2.45, 2.75) is 6.42 Å². The molecule has 0 fully saturated rings. The van der Waals surface area contributed by atoms with E-state index in [0.29, 0.717) is 5.69 Å². The molecule has 2 aromatic rings. The van der Waals surface area contributed by atoms with Crippen LogP contribution in [0.15, 0.2) is 30.5 Å². The molecule has 104 valence electrons. The number of carbonyl (C=O) groups excluding carboxylic acids is 2. The Morgan fingerprint density at radius 2 is 2.10 bits per heavy atom. The fraction of sp³-hybridized carbons (Fsp3) is 0.154. The van der Waals surface area contributed by atoms with E-state index < -0.39 is 17.6 Å². The molecule has 0 aliphatic rings. The van der Waals surface area contributed by atoms with E-state index in [1.54, 1.807) is 18.2 Å². The second-order valence-corrected chi connectivity index (χ2v) is 4.11. The minimum absolute atomic E-state index is 0.0403. The standard InChI is InChI=1S/C13H13FN4O2/c14-10-4-2-1-3-8(10)12-9(7-17-18-12)13(20)16-6-5-11(15)19/h1-4,7H,5-6H2,(H2,15,19)(H,16,20)(H,17,18). The van der Waals surface area contributed by atoms with Gasteiger partial charge in [0.1, 0.15) is 5.82 Å². The molecule has 7 heteroatoms. The van der Waals surface area contributed by atoms with Gasteiger partial charge in [0.15, 0.2) is 0 Å². The summed E-state index contributed by atoms with van der Waals surface area (Å²) in [6, 6.07) is 6.06. The van der Waals surface area contributed by atoms with Gasteiger partial charge < -0.3 is 11.1 Å². The lowest BCUT2D eigenvalue weighted by atomic mass is 10.1. The third-order valence-corrected chi connectivity index (χ3v) is 2.68. The first kappa shape index (κ1) is 13.7. The highest BCUT2D eigenvalue weighted by atomic mass is 19.1. The predicted octanol–water partition coefficient (Wildman–Crippen LogP) is 0.821.